The van der Waals surface area contributed by atoms with Crippen LogP contribution in [-0.2, 0) is 14.3 Å². The van der Waals surface area contributed by atoms with E-state index in [0.717, 1.165) is 11.1 Å². The third-order valence-corrected chi connectivity index (χ3v) is 4.07. The molecule has 0 saturated heterocycles. The second-order valence-corrected chi connectivity index (χ2v) is 6.20. The van der Waals surface area contributed by atoms with E-state index in [0.29, 0.717) is 11.3 Å². The Hall–Kier alpha value is -3.93. The van der Waals surface area contributed by atoms with E-state index >= 15 is 0 Å². The zero-order valence-corrected chi connectivity index (χ0v) is 15.6. The van der Waals surface area contributed by atoms with E-state index < -0.39 is 18.5 Å². The highest BCUT2D eigenvalue weighted by atomic mass is 16.5. The molecule has 3 aromatic rings. The van der Waals surface area contributed by atoms with Gasteiger partial charge in [-0.1, -0.05) is 60.7 Å². The molecule has 2 N–H and O–H groups in total. The molecule has 0 aliphatic rings. The minimum absolute atomic E-state index is 0.313. The summed E-state index contributed by atoms with van der Waals surface area (Å²) in [7, 11) is 0. The van der Waals surface area contributed by atoms with Crippen LogP contribution in [0.2, 0.25) is 0 Å². The van der Waals surface area contributed by atoms with Crippen LogP contribution in [0.5, 0.6) is 0 Å². The number of anilines is 1. The molecule has 29 heavy (non-hydrogen) atoms. The molecule has 0 heterocycles. The summed E-state index contributed by atoms with van der Waals surface area (Å²) in [5.41, 5.74) is 3.15. The van der Waals surface area contributed by atoms with E-state index in [-0.39, 0.29) is 12.5 Å². The Bertz CT molecular complexity index is 971. The summed E-state index contributed by atoms with van der Waals surface area (Å²) in [6.45, 7) is -0.743. The summed E-state index contributed by atoms with van der Waals surface area (Å²) >= 11 is 0. The average molecular weight is 388 g/mol. The number of nitrogens with one attached hydrogen (secondary N) is 2. The van der Waals surface area contributed by atoms with Gasteiger partial charge >= 0.3 is 5.97 Å². The maximum absolute atomic E-state index is 12.0. The fourth-order valence-electron chi connectivity index (χ4n) is 2.61. The predicted octanol–water partition coefficient (Wildman–Crippen LogP) is 3.27. The van der Waals surface area contributed by atoms with E-state index in [2.05, 4.69) is 10.6 Å². The summed E-state index contributed by atoms with van der Waals surface area (Å²) in [5, 5.41) is 5.11. The van der Waals surface area contributed by atoms with Gasteiger partial charge in [0.25, 0.3) is 11.8 Å². The lowest BCUT2D eigenvalue weighted by Gasteiger charge is -2.08. The molecule has 6 heteroatoms. The number of ether oxygens (including phenoxy) is 1. The third kappa shape index (κ3) is 6.04. The normalized spacial score (nSPS) is 10.1. The summed E-state index contributed by atoms with van der Waals surface area (Å²) in [6, 6.07) is 25.8. The monoisotopic (exact) mass is 388 g/mol. The molecular formula is C23H20N2O4. The molecular weight excluding hydrogens is 368 g/mol. The lowest BCUT2D eigenvalue weighted by Crippen LogP contribution is -2.32. The number of esters is 1. The van der Waals surface area contributed by atoms with Gasteiger partial charge in [-0.05, 0) is 35.4 Å². The van der Waals surface area contributed by atoms with Gasteiger partial charge in [0.1, 0.15) is 6.54 Å². The van der Waals surface area contributed by atoms with E-state index in [1.807, 2.05) is 42.5 Å². The van der Waals surface area contributed by atoms with Gasteiger partial charge < -0.3 is 15.4 Å². The smallest absolute Gasteiger partial charge is 0.325 e. The molecule has 0 bridgehead atoms. The SMILES string of the molecule is O=C(COC(=O)CNC(=O)c1ccccc1)Nc1ccc(-c2ccccc2)cc1. The Labute approximate surface area is 168 Å². The third-order valence-electron chi connectivity index (χ3n) is 4.07. The first kappa shape index (κ1) is 19.8. The molecule has 0 radical (unpaired) electrons. The van der Waals surface area contributed by atoms with Crippen molar-refractivity contribution in [2.24, 2.45) is 0 Å². The predicted molar refractivity (Wildman–Crippen MR) is 110 cm³/mol. The molecule has 0 spiro atoms. The molecule has 0 aliphatic heterocycles. The quantitative estimate of drug-likeness (QED) is 0.609. The molecule has 146 valence electrons. The van der Waals surface area contributed by atoms with Gasteiger partial charge in [0.15, 0.2) is 6.61 Å². The standard InChI is InChI=1S/C23H20N2O4/c26-21(16-29-22(27)15-24-23(28)19-9-5-2-6-10-19)25-20-13-11-18(12-14-20)17-7-3-1-4-8-17/h1-14H,15-16H2,(H,24,28)(H,25,26). The van der Waals surface area contributed by atoms with Crippen molar-refractivity contribution in [3.8, 4) is 11.1 Å². The lowest BCUT2D eigenvalue weighted by molar-refractivity contribution is -0.146. The Kier molecular flexibility index (Phi) is 6.73. The topological polar surface area (TPSA) is 84.5 Å². The first-order valence-corrected chi connectivity index (χ1v) is 9.06. The van der Waals surface area contributed by atoms with Gasteiger partial charge in [-0.2, -0.15) is 0 Å². The molecule has 2 amide bonds. The van der Waals surface area contributed by atoms with Crippen molar-refractivity contribution in [2.45, 2.75) is 0 Å². The Morgan fingerprint density at radius 1 is 0.724 bits per heavy atom. The van der Waals surface area contributed by atoms with Crippen molar-refractivity contribution in [2.75, 3.05) is 18.5 Å². The van der Waals surface area contributed by atoms with Crippen LogP contribution >= 0.6 is 0 Å². The zero-order valence-electron chi connectivity index (χ0n) is 15.6. The van der Waals surface area contributed by atoms with Crippen LogP contribution in [0.15, 0.2) is 84.9 Å². The van der Waals surface area contributed by atoms with Crippen molar-refractivity contribution >= 4 is 23.5 Å². The lowest BCUT2D eigenvalue weighted by atomic mass is 10.1. The number of carbonyl (C=O) groups is 3. The van der Waals surface area contributed by atoms with Gasteiger partial charge in [-0.3, -0.25) is 14.4 Å². The highest BCUT2D eigenvalue weighted by Crippen LogP contribution is 2.20. The molecule has 0 aromatic heterocycles. The highest BCUT2D eigenvalue weighted by molar-refractivity contribution is 5.96. The molecule has 0 atom stereocenters. The molecule has 6 nitrogen and oxygen atoms in total. The minimum atomic E-state index is -0.691. The number of amides is 2. The van der Waals surface area contributed by atoms with Crippen LogP contribution in [-0.4, -0.2) is 30.9 Å². The molecule has 3 rings (SSSR count). The Morgan fingerprint density at radius 3 is 1.97 bits per heavy atom. The Morgan fingerprint density at radius 2 is 1.31 bits per heavy atom. The van der Waals surface area contributed by atoms with Crippen LogP contribution in [0.1, 0.15) is 10.4 Å². The summed E-state index contributed by atoms with van der Waals surface area (Å²) < 4.78 is 4.89. The fourth-order valence-corrected chi connectivity index (χ4v) is 2.61. The van der Waals surface area contributed by atoms with Crippen LogP contribution < -0.4 is 10.6 Å². The van der Waals surface area contributed by atoms with E-state index in [1.54, 1.807) is 42.5 Å². The first-order valence-electron chi connectivity index (χ1n) is 9.06. The van der Waals surface area contributed by atoms with Crippen LogP contribution in [0, 0.1) is 0 Å². The maximum atomic E-state index is 12.0. The molecule has 0 aliphatic carbocycles. The number of rotatable bonds is 7. The average Bonchev–Trinajstić information content (AvgIpc) is 2.78. The second kappa shape index (κ2) is 9.85. The van der Waals surface area contributed by atoms with Gasteiger partial charge in [0.2, 0.25) is 0 Å². The van der Waals surface area contributed by atoms with E-state index in [4.69, 9.17) is 4.74 Å². The van der Waals surface area contributed by atoms with Crippen LogP contribution in [0.3, 0.4) is 0 Å². The van der Waals surface area contributed by atoms with Crippen molar-refractivity contribution in [3.63, 3.8) is 0 Å². The van der Waals surface area contributed by atoms with Gasteiger partial charge in [0, 0.05) is 11.3 Å². The number of benzene rings is 3. The van der Waals surface area contributed by atoms with E-state index in [1.165, 1.54) is 0 Å². The molecule has 0 fully saturated rings. The zero-order chi connectivity index (χ0) is 20.5. The molecule has 0 saturated carbocycles. The molecule has 3 aromatic carbocycles. The van der Waals surface area contributed by atoms with Crippen molar-refractivity contribution in [3.05, 3.63) is 90.5 Å². The minimum Gasteiger partial charge on any atom is -0.454 e. The van der Waals surface area contributed by atoms with Gasteiger partial charge in [-0.25, -0.2) is 0 Å². The largest absolute Gasteiger partial charge is 0.454 e. The number of hydrogen-bond donors (Lipinski definition) is 2. The van der Waals surface area contributed by atoms with Crippen molar-refractivity contribution < 1.29 is 19.1 Å². The van der Waals surface area contributed by atoms with Crippen LogP contribution in [0.25, 0.3) is 11.1 Å². The number of hydrogen-bond acceptors (Lipinski definition) is 4. The Balaban J connectivity index is 1.41. The van der Waals surface area contributed by atoms with Gasteiger partial charge in [-0.15, -0.1) is 0 Å². The van der Waals surface area contributed by atoms with E-state index in [9.17, 15) is 14.4 Å². The fraction of sp³-hybridized carbons (Fsp3) is 0.0870. The van der Waals surface area contributed by atoms with Gasteiger partial charge in [0.05, 0.1) is 0 Å². The highest BCUT2D eigenvalue weighted by Gasteiger charge is 2.11. The number of carbonyl (C=O) groups excluding carboxylic acids is 3. The first-order chi connectivity index (χ1) is 14.1. The van der Waals surface area contributed by atoms with Crippen molar-refractivity contribution in [1.82, 2.24) is 5.32 Å². The summed E-state index contributed by atoms with van der Waals surface area (Å²) in [6.07, 6.45) is 0. The second-order valence-electron chi connectivity index (χ2n) is 6.20. The maximum Gasteiger partial charge on any atom is 0.325 e. The summed E-state index contributed by atoms with van der Waals surface area (Å²) in [5.74, 6) is -1.53. The molecule has 0 unspecified atom stereocenters. The van der Waals surface area contributed by atoms with Crippen LogP contribution in [0.4, 0.5) is 5.69 Å². The van der Waals surface area contributed by atoms with Crippen molar-refractivity contribution in [1.29, 1.82) is 0 Å². The summed E-state index contributed by atoms with van der Waals surface area (Å²) in [4.78, 5) is 35.5.